The van der Waals surface area contributed by atoms with Crippen LogP contribution in [0.3, 0.4) is 0 Å². The summed E-state index contributed by atoms with van der Waals surface area (Å²) in [5, 5.41) is 0. The van der Waals surface area contributed by atoms with Crippen LogP contribution in [0.1, 0.15) is 27.7 Å². The van der Waals surface area contributed by atoms with Gasteiger partial charge in [-0.05, 0) is 26.8 Å². The minimum atomic E-state index is -2.12. The van der Waals surface area contributed by atoms with Gasteiger partial charge in [0.25, 0.3) is 0 Å². The lowest BCUT2D eigenvalue weighted by Gasteiger charge is -2.39. The molecule has 4 heteroatoms. The SMILES string of the molecule is CC(C)C(C)(C)N(C)S(=O)[O-]. The summed E-state index contributed by atoms with van der Waals surface area (Å²) < 4.78 is 22.5. The molecule has 0 spiro atoms. The number of nitrogens with zero attached hydrogens (tertiary/aromatic N) is 1. The number of hydrogen-bond donors (Lipinski definition) is 0. The van der Waals surface area contributed by atoms with Gasteiger partial charge < -0.3 is 4.55 Å². The Morgan fingerprint density at radius 1 is 1.45 bits per heavy atom. The molecule has 0 rings (SSSR count). The van der Waals surface area contributed by atoms with Crippen LogP contribution in [0, 0.1) is 5.92 Å². The highest BCUT2D eigenvalue weighted by molar-refractivity contribution is 7.76. The Kier molecular flexibility index (Phi) is 3.67. The maximum absolute atomic E-state index is 10.6. The average molecular weight is 178 g/mol. The first kappa shape index (κ1) is 11.1. The van der Waals surface area contributed by atoms with Gasteiger partial charge in [0.1, 0.15) is 0 Å². The zero-order chi connectivity index (χ0) is 9.23. The predicted molar refractivity (Wildman–Crippen MR) is 45.6 cm³/mol. The lowest BCUT2D eigenvalue weighted by Crippen LogP contribution is -2.46. The largest absolute Gasteiger partial charge is 0.760 e. The van der Waals surface area contributed by atoms with Gasteiger partial charge in [0.2, 0.25) is 0 Å². The molecule has 0 amide bonds. The van der Waals surface area contributed by atoms with Gasteiger partial charge in [-0.15, -0.1) is 0 Å². The van der Waals surface area contributed by atoms with Gasteiger partial charge in [0.15, 0.2) is 0 Å². The molecule has 3 nitrogen and oxygen atoms in total. The molecule has 0 N–H and O–H groups in total. The predicted octanol–water partition coefficient (Wildman–Crippen LogP) is 1.15. The van der Waals surface area contributed by atoms with Crippen molar-refractivity contribution in [1.82, 2.24) is 4.31 Å². The van der Waals surface area contributed by atoms with E-state index in [0.29, 0.717) is 5.92 Å². The molecule has 1 unspecified atom stereocenters. The van der Waals surface area contributed by atoms with E-state index in [1.165, 1.54) is 4.31 Å². The fourth-order valence-electron chi connectivity index (χ4n) is 0.556. The summed E-state index contributed by atoms with van der Waals surface area (Å²) in [6.07, 6.45) is 0. The normalized spacial score (nSPS) is 16.0. The minimum absolute atomic E-state index is 0.299. The van der Waals surface area contributed by atoms with Crippen molar-refractivity contribution < 1.29 is 8.76 Å². The molecule has 0 aromatic heterocycles. The second-order valence-electron chi connectivity index (χ2n) is 3.52. The fourth-order valence-corrected chi connectivity index (χ4v) is 1.15. The minimum Gasteiger partial charge on any atom is -0.760 e. The number of rotatable bonds is 3. The van der Waals surface area contributed by atoms with Crippen molar-refractivity contribution in [2.75, 3.05) is 7.05 Å². The van der Waals surface area contributed by atoms with Gasteiger partial charge >= 0.3 is 0 Å². The van der Waals surface area contributed by atoms with Gasteiger partial charge in [-0.2, -0.15) is 0 Å². The molecule has 0 radical (unpaired) electrons. The molecule has 0 aromatic rings. The maximum Gasteiger partial charge on any atom is 0.0289 e. The lowest BCUT2D eigenvalue weighted by molar-refractivity contribution is 0.189. The summed E-state index contributed by atoms with van der Waals surface area (Å²) in [4.78, 5) is 0. The molecule has 1 atom stereocenters. The van der Waals surface area contributed by atoms with E-state index in [1.807, 2.05) is 27.7 Å². The van der Waals surface area contributed by atoms with Crippen molar-refractivity contribution >= 4 is 11.3 Å². The molecule has 0 fully saturated rings. The standard InChI is InChI=1S/C7H17NO2S/c1-6(2)7(3,4)8(5)11(9)10/h6H,1-5H3,(H,9,10)/p-1. The molecule has 11 heavy (non-hydrogen) atoms. The highest BCUT2D eigenvalue weighted by Gasteiger charge is 2.27. The van der Waals surface area contributed by atoms with Crippen molar-refractivity contribution in [3.63, 3.8) is 0 Å². The van der Waals surface area contributed by atoms with Crippen molar-refractivity contribution in [2.24, 2.45) is 5.92 Å². The van der Waals surface area contributed by atoms with E-state index in [0.717, 1.165) is 0 Å². The first-order valence-electron chi connectivity index (χ1n) is 3.63. The van der Waals surface area contributed by atoms with Gasteiger partial charge in [-0.25, -0.2) is 4.31 Å². The van der Waals surface area contributed by atoms with Crippen molar-refractivity contribution in [2.45, 2.75) is 33.2 Å². The molecule has 0 bridgehead atoms. The average Bonchev–Trinajstić information content (AvgIpc) is 1.85. The van der Waals surface area contributed by atoms with Gasteiger partial charge in [0.05, 0.1) is 0 Å². The highest BCUT2D eigenvalue weighted by atomic mass is 32.2. The molecular formula is C7H16NO2S-. The molecule has 0 aliphatic rings. The zero-order valence-electron chi connectivity index (χ0n) is 7.75. The Morgan fingerprint density at radius 3 is 1.91 bits per heavy atom. The summed E-state index contributed by atoms with van der Waals surface area (Å²) in [5.41, 5.74) is -0.299. The van der Waals surface area contributed by atoms with Crippen LogP contribution >= 0.6 is 0 Å². The van der Waals surface area contributed by atoms with E-state index in [9.17, 15) is 8.76 Å². The summed E-state index contributed by atoms with van der Waals surface area (Å²) in [5.74, 6) is 0.311. The van der Waals surface area contributed by atoms with E-state index >= 15 is 0 Å². The Morgan fingerprint density at radius 2 is 1.82 bits per heavy atom. The summed E-state index contributed by atoms with van der Waals surface area (Å²) >= 11 is -2.12. The van der Waals surface area contributed by atoms with E-state index in [1.54, 1.807) is 7.05 Å². The second kappa shape index (κ2) is 3.65. The molecule has 68 valence electrons. The van der Waals surface area contributed by atoms with Crippen molar-refractivity contribution in [3.05, 3.63) is 0 Å². The molecule has 0 saturated carbocycles. The Bertz CT molecular complexity index is 157. The first-order chi connectivity index (χ1) is 4.80. The molecule has 0 aliphatic heterocycles. The van der Waals surface area contributed by atoms with Crippen LogP contribution < -0.4 is 0 Å². The third kappa shape index (κ3) is 2.54. The monoisotopic (exact) mass is 178 g/mol. The van der Waals surface area contributed by atoms with Crippen molar-refractivity contribution in [1.29, 1.82) is 0 Å². The topological polar surface area (TPSA) is 43.4 Å². The summed E-state index contributed by atoms with van der Waals surface area (Å²) in [6, 6.07) is 0. The van der Waals surface area contributed by atoms with Crippen LogP contribution in [-0.4, -0.2) is 25.7 Å². The first-order valence-corrected chi connectivity index (χ1v) is 4.66. The van der Waals surface area contributed by atoms with Crippen LogP contribution in [0.25, 0.3) is 0 Å². The van der Waals surface area contributed by atoms with E-state index in [2.05, 4.69) is 0 Å². The van der Waals surface area contributed by atoms with Crippen LogP contribution in [0.2, 0.25) is 0 Å². The van der Waals surface area contributed by atoms with Gasteiger partial charge in [-0.3, -0.25) is 4.21 Å². The molecule has 0 saturated heterocycles. The summed E-state index contributed by atoms with van der Waals surface area (Å²) in [7, 11) is 1.59. The van der Waals surface area contributed by atoms with Gasteiger partial charge in [-0.1, -0.05) is 13.8 Å². The summed E-state index contributed by atoms with van der Waals surface area (Å²) in [6.45, 7) is 7.83. The molecular weight excluding hydrogens is 162 g/mol. The Balaban J connectivity index is 4.41. The van der Waals surface area contributed by atoms with Crippen LogP contribution in [0.5, 0.6) is 0 Å². The molecule has 0 heterocycles. The zero-order valence-corrected chi connectivity index (χ0v) is 8.57. The van der Waals surface area contributed by atoms with E-state index < -0.39 is 11.3 Å². The second-order valence-corrected chi connectivity index (χ2v) is 4.50. The maximum atomic E-state index is 10.6. The highest BCUT2D eigenvalue weighted by Crippen LogP contribution is 2.22. The molecule has 0 aromatic carbocycles. The van der Waals surface area contributed by atoms with Crippen LogP contribution in [0.4, 0.5) is 0 Å². The fraction of sp³-hybridized carbons (Fsp3) is 1.00. The number of hydrogen-bond acceptors (Lipinski definition) is 2. The Labute approximate surface area is 71.2 Å². The lowest BCUT2D eigenvalue weighted by atomic mass is 9.91. The van der Waals surface area contributed by atoms with E-state index in [4.69, 9.17) is 0 Å². The third-order valence-corrected chi connectivity index (χ3v) is 3.37. The quantitative estimate of drug-likeness (QED) is 0.608. The van der Waals surface area contributed by atoms with Crippen LogP contribution in [0.15, 0.2) is 0 Å². The smallest absolute Gasteiger partial charge is 0.0289 e. The Hall–Kier alpha value is 0.0700. The van der Waals surface area contributed by atoms with Gasteiger partial charge in [0, 0.05) is 16.8 Å². The van der Waals surface area contributed by atoms with E-state index in [-0.39, 0.29) is 5.54 Å². The molecule has 0 aliphatic carbocycles. The van der Waals surface area contributed by atoms with Crippen molar-refractivity contribution in [3.8, 4) is 0 Å². The third-order valence-electron chi connectivity index (χ3n) is 2.45. The van der Waals surface area contributed by atoms with Crippen LogP contribution in [-0.2, 0) is 11.3 Å².